The van der Waals surface area contributed by atoms with Crippen molar-refractivity contribution in [1.29, 1.82) is 5.26 Å². The molecule has 0 radical (unpaired) electrons. The first kappa shape index (κ1) is 7.87. The molecule has 0 fully saturated rings. The average molecular weight is 179 g/mol. The smallest absolute Gasteiger partial charge is 0.231 e. The second-order valence-electron chi connectivity index (χ2n) is 2.61. The van der Waals surface area contributed by atoms with E-state index in [1.165, 1.54) is 12.1 Å². The number of halogens is 1. The van der Waals surface area contributed by atoms with Crippen molar-refractivity contribution in [3.8, 4) is 17.6 Å². The fourth-order valence-electron chi connectivity index (χ4n) is 1.24. The van der Waals surface area contributed by atoms with Crippen LogP contribution in [0.5, 0.6) is 11.5 Å². The van der Waals surface area contributed by atoms with Crippen molar-refractivity contribution in [2.75, 3.05) is 6.79 Å². The Balaban J connectivity index is 2.51. The van der Waals surface area contributed by atoms with Gasteiger partial charge in [-0.15, -0.1) is 0 Å². The lowest BCUT2D eigenvalue weighted by atomic mass is 10.1. The van der Waals surface area contributed by atoms with E-state index in [1.54, 1.807) is 0 Å². The van der Waals surface area contributed by atoms with Gasteiger partial charge < -0.3 is 9.47 Å². The third-order valence-corrected chi connectivity index (χ3v) is 1.82. The summed E-state index contributed by atoms with van der Waals surface area (Å²) in [6.45, 7) is 0.0225. The van der Waals surface area contributed by atoms with Crippen molar-refractivity contribution < 1.29 is 13.9 Å². The van der Waals surface area contributed by atoms with E-state index >= 15 is 0 Å². The number of hydrogen-bond donors (Lipinski definition) is 0. The minimum absolute atomic E-state index is 0.0225. The maximum atomic E-state index is 13.0. The molecule has 1 heterocycles. The summed E-state index contributed by atoms with van der Waals surface area (Å²) >= 11 is 0. The van der Waals surface area contributed by atoms with E-state index in [0.29, 0.717) is 11.3 Å². The highest BCUT2D eigenvalue weighted by molar-refractivity contribution is 5.49. The maximum Gasteiger partial charge on any atom is 0.231 e. The summed E-state index contributed by atoms with van der Waals surface area (Å²) in [6, 6.07) is 4.79. The number of rotatable bonds is 1. The summed E-state index contributed by atoms with van der Waals surface area (Å²) < 4.78 is 23.0. The van der Waals surface area contributed by atoms with Crippen molar-refractivity contribution in [2.24, 2.45) is 0 Å². The molecule has 3 nitrogen and oxygen atoms in total. The molecule has 0 aliphatic carbocycles. The van der Waals surface area contributed by atoms with Gasteiger partial charge in [0.2, 0.25) is 12.5 Å². The van der Waals surface area contributed by atoms with Gasteiger partial charge in [0.05, 0.1) is 12.5 Å². The molecule has 1 aliphatic rings. The third-order valence-electron chi connectivity index (χ3n) is 1.82. The third kappa shape index (κ3) is 1.18. The van der Waals surface area contributed by atoms with Crippen LogP contribution in [0.3, 0.4) is 0 Å². The summed E-state index contributed by atoms with van der Waals surface area (Å²) in [5, 5.41) is 8.48. The van der Waals surface area contributed by atoms with Crippen LogP contribution in [0.1, 0.15) is 5.56 Å². The molecular formula is C9H6FNO2. The Bertz CT molecular complexity index is 384. The molecule has 0 amide bonds. The van der Waals surface area contributed by atoms with Gasteiger partial charge in [0.1, 0.15) is 0 Å². The molecule has 66 valence electrons. The van der Waals surface area contributed by atoms with Gasteiger partial charge in [-0.2, -0.15) is 5.26 Å². The number of hydrogen-bond acceptors (Lipinski definition) is 3. The van der Waals surface area contributed by atoms with Crippen molar-refractivity contribution in [1.82, 2.24) is 0 Å². The lowest BCUT2D eigenvalue weighted by Gasteiger charge is -2.01. The highest BCUT2D eigenvalue weighted by Gasteiger charge is 2.21. The predicted molar refractivity (Wildman–Crippen MR) is 41.8 cm³/mol. The second kappa shape index (κ2) is 2.94. The van der Waals surface area contributed by atoms with E-state index in [1.807, 2.05) is 6.07 Å². The molecule has 0 unspecified atom stereocenters. The predicted octanol–water partition coefficient (Wildman–Crippen LogP) is 1.62. The molecule has 1 aromatic rings. The highest BCUT2D eigenvalue weighted by Crippen LogP contribution is 2.37. The van der Waals surface area contributed by atoms with Gasteiger partial charge >= 0.3 is 0 Å². The van der Waals surface area contributed by atoms with Gasteiger partial charge in [-0.3, -0.25) is 0 Å². The Morgan fingerprint density at radius 3 is 2.92 bits per heavy atom. The average Bonchev–Trinajstić information content (AvgIpc) is 2.59. The molecule has 0 N–H and O–H groups in total. The molecule has 1 aliphatic heterocycles. The molecule has 2 rings (SSSR count). The first-order valence-corrected chi connectivity index (χ1v) is 3.77. The number of nitriles is 1. The molecule has 4 heteroatoms. The van der Waals surface area contributed by atoms with E-state index in [0.717, 1.165) is 0 Å². The molecule has 0 saturated carbocycles. The highest BCUT2D eigenvalue weighted by atomic mass is 19.1. The van der Waals surface area contributed by atoms with E-state index in [-0.39, 0.29) is 19.0 Å². The minimum Gasteiger partial charge on any atom is -0.453 e. The fourth-order valence-corrected chi connectivity index (χ4v) is 1.24. The molecule has 0 saturated heterocycles. The van der Waals surface area contributed by atoms with Crippen LogP contribution in [-0.2, 0) is 6.42 Å². The summed E-state index contributed by atoms with van der Waals surface area (Å²) in [7, 11) is 0. The van der Waals surface area contributed by atoms with Gasteiger partial charge in [-0.25, -0.2) is 4.39 Å². The Kier molecular flexibility index (Phi) is 1.78. The van der Waals surface area contributed by atoms with E-state index < -0.39 is 5.82 Å². The standard InChI is InChI=1S/C9H6FNO2/c10-7-2-1-6(3-4-11)8-9(7)13-5-12-8/h1-2H,3,5H2. The Hall–Kier alpha value is -1.76. The molecule has 13 heavy (non-hydrogen) atoms. The zero-order chi connectivity index (χ0) is 9.26. The van der Waals surface area contributed by atoms with Crippen LogP contribution >= 0.6 is 0 Å². The number of benzene rings is 1. The monoisotopic (exact) mass is 179 g/mol. The fraction of sp³-hybridized carbons (Fsp3) is 0.222. The van der Waals surface area contributed by atoms with E-state index in [2.05, 4.69) is 0 Å². The number of nitrogens with zero attached hydrogens (tertiary/aromatic N) is 1. The van der Waals surface area contributed by atoms with Crippen molar-refractivity contribution in [3.05, 3.63) is 23.5 Å². The van der Waals surface area contributed by atoms with Gasteiger partial charge in [-0.1, -0.05) is 6.07 Å². The zero-order valence-electron chi connectivity index (χ0n) is 6.71. The molecule has 0 spiro atoms. The van der Waals surface area contributed by atoms with Gasteiger partial charge in [0.25, 0.3) is 0 Å². The molecule has 0 bridgehead atoms. The van der Waals surface area contributed by atoms with Crippen LogP contribution in [0, 0.1) is 17.1 Å². The van der Waals surface area contributed by atoms with Crippen LogP contribution in [0.2, 0.25) is 0 Å². The molecule has 0 atom stereocenters. The van der Waals surface area contributed by atoms with Crippen molar-refractivity contribution in [3.63, 3.8) is 0 Å². The number of fused-ring (bicyclic) bond motifs is 1. The number of ether oxygens (including phenoxy) is 2. The quantitative estimate of drug-likeness (QED) is 0.657. The van der Waals surface area contributed by atoms with Crippen LogP contribution in [-0.4, -0.2) is 6.79 Å². The SMILES string of the molecule is N#CCc1ccc(F)c2c1OCO2. The first-order chi connectivity index (χ1) is 6.33. The van der Waals surface area contributed by atoms with Gasteiger partial charge in [-0.05, 0) is 6.07 Å². The largest absolute Gasteiger partial charge is 0.453 e. The zero-order valence-corrected chi connectivity index (χ0v) is 6.71. The Labute approximate surface area is 74.3 Å². The van der Waals surface area contributed by atoms with Crippen molar-refractivity contribution >= 4 is 0 Å². The van der Waals surface area contributed by atoms with E-state index in [9.17, 15) is 4.39 Å². The van der Waals surface area contributed by atoms with Crippen LogP contribution < -0.4 is 9.47 Å². The van der Waals surface area contributed by atoms with Gasteiger partial charge in [0.15, 0.2) is 11.6 Å². The molecule has 0 aromatic heterocycles. The maximum absolute atomic E-state index is 13.0. The second-order valence-corrected chi connectivity index (χ2v) is 2.61. The van der Waals surface area contributed by atoms with Crippen LogP contribution in [0.25, 0.3) is 0 Å². The topological polar surface area (TPSA) is 42.2 Å². The van der Waals surface area contributed by atoms with Crippen LogP contribution in [0.4, 0.5) is 4.39 Å². The van der Waals surface area contributed by atoms with E-state index in [4.69, 9.17) is 14.7 Å². The minimum atomic E-state index is -0.450. The lowest BCUT2D eigenvalue weighted by molar-refractivity contribution is 0.170. The summed E-state index contributed by atoms with van der Waals surface area (Å²) in [5.74, 6) is 0.0310. The lowest BCUT2D eigenvalue weighted by Crippen LogP contribution is -1.94. The van der Waals surface area contributed by atoms with Gasteiger partial charge in [0, 0.05) is 5.56 Å². The normalized spacial score (nSPS) is 12.6. The van der Waals surface area contributed by atoms with Crippen LogP contribution in [0.15, 0.2) is 12.1 Å². The first-order valence-electron chi connectivity index (χ1n) is 3.77. The summed E-state index contributed by atoms with van der Waals surface area (Å²) in [6.07, 6.45) is 0.200. The molecule has 1 aromatic carbocycles. The summed E-state index contributed by atoms with van der Waals surface area (Å²) in [5.41, 5.74) is 0.663. The Morgan fingerprint density at radius 1 is 1.38 bits per heavy atom. The molecular weight excluding hydrogens is 173 g/mol. The van der Waals surface area contributed by atoms with Crippen molar-refractivity contribution in [2.45, 2.75) is 6.42 Å². The summed E-state index contributed by atoms with van der Waals surface area (Å²) in [4.78, 5) is 0. The Morgan fingerprint density at radius 2 is 2.15 bits per heavy atom.